The number of halogens is 2. The van der Waals surface area contributed by atoms with E-state index in [1.165, 1.54) is 0 Å². The Morgan fingerprint density at radius 3 is 2.84 bits per heavy atom. The maximum absolute atomic E-state index is 13.4. The summed E-state index contributed by atoms with van der Waals surface area (Å²) < 4.78 is 31.8. The molecule has 5 heteroatoms. The third kappa shape index (κ3) is 3.72. The van der Waals surface area contributed by atoms with Gasteiger partial charge in [-0.25, -0.2) is 8.78 Å². The summed E-state index contributed by atoms with van der Waals surface area (Å²) in [5.74, 6) is -0.863. The molecule has 1 aromatic carbocycles. The molecular formula is C14H14F2N2O. The first-order valence-electron chi connectivity index (χ1n) is 5.97. The second kappa shape index (κ2) is 6.24. The Kier molecular flexibility index (Phi) is 4.41. The Balaban J connectivity index is 2.16. The third-order valence-corrected chi connectivity index (χ3v) is 2.47. The van der Waals surface area contributed by atoms with Gasteiger partial charge in [-0.3, -0.25) is 4.98 Å². The van der Waals surface area contributed by atoms with Crippen molar-refractivity contribution < 1.29 is 13.5 Å². The highest BCUT2D eigenvalue weighted by molar-refractivity contribution is 5.32. The second-order valence-corrected chi connectivity index (χ2v) is 3.94. The SMILES string of the molecule is CCNCc1cc(Oc2cc(F)ccc2F)ccn1. The second-order valence-electron chi connectivity index (χ2n) is 3.94. The lowest BCUT2D eigenvalue weighted by Gasteiger charge is -2.08. The van der Waals surface area contributed by atoms with Crippen LogP contribution in [0.3, 0.4) is 0 Å². The van der Waals surface area contributed by atoms with Crippen molar-refractivity contribution in [1.82, 2.24) is 10.3 Å². The van der Waals surface area contributed by atoms with Crippen molar-refractivity contribution in [2.45, 2.75) is 13.5 Å². The molecule has 3 nitrogen and oxygen atoms in total. The molecular weight excluding hydrogens is 250 g/mol. The van der Waals surface area contributed by atoms with E-state index in [2.05, 4.69) is 10.3 Å². The molecule has 0 aliphatic heterocycles. The van der Waals surface area contributed by atoms with Gasteiger partial charge in [0.2, 0.25) is 0 Å². The Bertz CT molecular complexity index is 561. The number of nitrogens with zero attached hydrogens (tertiary/aromatic N) is 1. The molecule has 100 valence electrons. The van der Waals surface area contributed by atoms with E-state index in [0.29, 0.717) is 12.3 Å². The maximum atomic E-state index is 13.4. The molecule has 0 bridgehead atoms. The lowest BCUT2D eigenvalue weighted by Crippen LogP contribution is -2.12. The molecule has 0 atom stereocenters. The summed E-state index contributed by atoms with van der Waals surface area (Å²) in [5, 5.41) is 3.12. The van der Waals surface area contributed by atoms with E-state index in [1.807, 2.05) is 6.92 Å². The van der Waals surface area contributed by atoms with Crippen LogP contribution in [0.15, 0.2) is 36.5 Å². The van der Waals surface area contributed by atoms with Crippen molar-refractivity contribution in [3.63, 3.8) is 0 Å². The minimum absolute atomic E-state index is 0.138. The van der Waals surface area contributed by atoms with Crippen LogP contribution in [0.2, 0.25) is 0 Å². The lowest BCUT2D eigenvalue weighted by molar-refractivity contribution is 0.435. The van der Waals surface area contributed by atoms with Crippen LogP contribution in [-0.2, 0) is 6.54 Å². The molecule has 0 radical (unpaired) electrons. The first-order chi connectivity index (χ1) is 9.19. The normalized spacial score (nSPS) is 10.5. The van der Waals surface area contributed by atoms with Crippen LogP contribution in [0.4, 0.5) is 8.78 Å². The van der Waals surface area contributed by atoms with Gasteiger partial charge in [0, 0.05) is 24.9 Å². The molecule has 0 spiro atoms. The molecule has 2 rings (SSSR count). The molecule has 2 aromatic rings. The van der Waals surface area contributed by atoms with Crippen molar-refractivity contribution in [1.29, 1.82) is 0 Å². The first-order valence-corrected chi connectivity index (χ1v) is 5.97. The van der Waals surface area contributed by atoms with Crippen LogP contribution in [-0.4, -0.2) is 11.5 Å². The van der Waals surface area contributed by atoms with Crippen molar-refractivity contribution >= 4 is 0 Å². The van der Waals surface area contributed by atoms with Crippen LogP contribution < -0.4 is 10.1 Å². The molecule has 1 heterocycles. The minimum Gasteiger partial charge on any atom is -0.454 e. The van der Waals surface area contributed by atoms with E-state index >= 15 is 0 Å². The van der Waals surface area contributed by atoms with Gasteiger partial charge in [0.05, 0.1) is 5.69 Å². The van der Waals surface area contributed by atoms with Gasteiger partial charge in [-0.15, -0.1) is 0 Å². The highest BCUT2D eigenvalue weighted by atomic mass is 19.1. The van der Waals surface area contributed by atoms with Crippen LogP contribution >= 0.6 is 0 Å². The maximum Gasteiger partial charge on any atom is 0.165 e. The lowest BCUT2D eigenvalue weighted by atomic mass is 10.3. The average Bonchev–Trinajstić information content (AvgIpc) is 2.41. The molecule has 19 heavy (non-hydrogen) atoms. The number of benzene rings is 1. The van der Waals surface area contributed by atoms with Crippen LogP contribution in [0, 0.1) is 11.6 Å². The third-order valence-electron chi connectivity index (χ3n) is 2.47. The average molecular weight is 264 g/mol. The van der Waals surface area contributed by atoms with Gasteiger partial charge in [0.25, 0.3) is 0 Å². The van der Waals surface area contributed by atoms with Crippen molar-refractivity contribution in [3.8, 4) is 11.5 Å². The molecule has 0 saturated carbocycles. The summed E-state index contributed by atoms with van der Waals surface area (Å²) in [7, 11) is 0. The Morgan fingerprint density at radius 1 is 1.21 bits per heavy atom. The summed E-state index contributed by atoms with van der Waals surface area (Å²) in [6, 6.07) is 6.38. The van der Waals surface area contributed by atoms with Crippen molar-refractivity contribution in [2.24, 2.45) is 0 Å². The summed E-state index contributed by atoms with van der Waals surface area (Å²) >= 11 is 0. The fourth-order valence-corrected chi connectivity index (χ4v) is 1.55. The number of aromatic nitrogens is 1. The number of nitrogens with one attached hydrogen (secondary N) is 1. The van der Waals surface area contributed by atoms with Crippen molar-refractivity contribution in [2.75, 3.05) is 6.54 Å². The molecule has 0 saturated heterocycles. The fraction of sp³-hybridized carbons (Fsp3) is 0.214. The van der Waals surface area contributed by atoms with Gasteiger partial charge < -0.3 is 10.1 Å². The van der Waals surface area contributed by atoms with Gasteiger partial charge in [0.15, 0.2) is 11.6 Å². The Morgan fingerprint density at radius 2 is 2.05 bits per heavy atom. The van der Waals surface area contributed by atoms with Gasteiger partial charge in [-0.1, -0.05) is 6.92 Å². The topological polar surface area (TPSA) is 34.1 Å². The summed E-state index contributed by atoms with van der Waals surface area (Å²) in [4.78, 5) is 4.15. The smallest absolute Gasteiger partial charge is 0.165 e. The molecule has 0 aliphatic rings. The van der Waals surface area contributed by atoms with Crippen LogP contribution in [0.5, 0.6) is 11.5 Å². The number of hydrogen-bond acceptors (Lipinski definition) is 3. The zero-order chi connectivity index (χ0) is 13.7. The van der Waals surface area contributed by atoms with Crippen molar-refractivity contribution in [3.05, 3.63) is 53.9 Å². The van der Waals surface area contributed by atoms with Gasteiger partial charge >= 0.3 is 0 Å². The van der Waals surface area contributed by atoms with E-state index in [-0.39, 0.29) is 5.75 Å². The zero-order valence-electron chi connectivity index (χ0n) is 10.5. The predicted molar refractivity (Wildman–Crippen MR) is 68.0 cm³/mol. The largest absolute Gasteiger partial charge is 0.454 e. The molecule has 0 unspecified atom stereocenters. The van der Waals surface area contributed by atoms with E-state index in [0.717, 1.165) is 30.4 Å². The molecule has 0 amide bonds. The van der Waals surface area contributed by atoms with E-state index in [9.17, 15) is 8.78 Å². The number of hydrogen-bond donors (Lipinski definition) is 1. The quantitative estimate of drug-likeness (QED) is 0.900. The summed E-state index contributed by atoms with van der Waals surface area (Å²) in [6.45, 7) is 3.41. The standard InChI is InChI=1S/C14H14F2N2O/c1-2-17-9-11-8-12(5-6-18-11)19-14-7-10(15)3-4-13(14)16/h3-8,17H,2,9H2,1H3. The van der Waals surface area contributed by atoms with E-state index in [1.54, 1.807) is 18.3 Å². The fourth-order valence-electron chi connectivity index (χ4n) is 1.55. The highest BCUT2D eigenvalue weighted by Crippen LogP contribution is 2.25. The van der Waals surface area contributed by atoms with Gasteiger partial charge in [-0.05, 0) is 24.7 Å². The monoisotopic (exact) mass is 264 g/mol. The number of pyridine rings is 1. The number of ether oxygens (including phenoxy) is 1. The number of rotatable bonds is 5. The zero-order valence-corrected chi connectivity index (χ0v) is 10.5. The van der Waals surface area contributed by atoms with Crippen LogP contribution in [0.25, 0.3) is 0 Å². The van der Waals surface area contributed by atoms with Gasteiger partial charge in [0.1, 0.15) is 11.6 Å². The molecule has 0 aliphatic carbocycles. The minimum atomic E-state index is -0.605. The Labute approximate surface area is 110 Å². The van der Waals surface area contributed by atoms with Gasteiger partial charge in [-0.2, -0.15) is 0 Å². The van der Waals surface area contributed by atoms with E-state index in [4.69, 9.17) is 4.74 Å². The Hall–Kier alpha value is -2.01. The molecule has 1 N–H and O–H groups in total. The first kappa shape index (κ1) is 13.4. The van der Waals surface area contributed by atoms with E-state index < -0.39 is 11.6 Å². The summed E-state index contributed by atoms with van der Waals surface area (Å²) in [6.07, 6.45) is 1.57. The van der Waals surface area contributed by atoms with Crippen LogP contribution in [0.1, 0.15) is 12.6 Å². The molecule has 1 aromatic heterocycles. The summed E-state index contributed by atoms with van der Waals surface area (Å²) in [5.41, 5.74) is 0.774. The predicted octanol–water partition coefficient (Wildman–Crippen LogP) is 3.26. The molecule has 0 fully saturated rings. The highest BCUT2D eigenvalue weighted by Gasteiger charge is 2.07.